The van der Waals surface area contributed by atoms with Gasteiger partial charge < -0.3 is 24.6 Å². The van der Waals surface area contributed by atoms with Crippen LogP contribution in [-0.2, 0) is 4.79 Å². The molecule has 26 heavy (non-hydrogen) atoms. The molecule has 0 spiro atoms. The van der Waals surface area contributed by atoms with Crippen molar-refractivity contribution < 1.29 is 24.1 Å². The van der Waals surface area contributed by atoms with Gasteiger partial charge in [-0.25, -0.2) is 0 Å². The zero-order chi connectivity index (χ0) is 19.1. The van der Waals surface area contributed by atoms with Gasteiger partial charge in [0.1, 0.15) is 17.4 Å². The number of nitriles is 1. The quantitative estimate of drug-likeness (QED) is 0.470. The second-order valence-electron chi connectivity index (χ2n) is 5.09. The van der Waals surface area contributed by atoms with E-state index in [4.69, 9.17) is 14.2 Å². The van der Waals surface area contributed by atoms with Gasteiger partial charge in [-0.1, -0.05) is 0 Å². The van der Waals surface area contributed by atoms with E-state index in [0.717, 1.165) is 0 Å². The summed E-state index contributed by atoms with van der Waals surface area (Å²) >= 11 is 0. The fourth-order valence-corrected chi connectivity index (χ4v) is 2.29. The number of benzene rings is 2. The lowest BCUT2D eigenvalue weighted by Gasteiger charge is -2.14. The molecule has 0 fully saturated rings. The van der Waals surface area contributed by atoms with Crippen LogP contribution in [0.2, 0.25) is 0 Å². The molecule has 0 saturated carbocycles. The molecule has 0 atom stereocenters. The number of nitrogens with one attached hydrogen (secondary N) is 1. The largest absolute Gasteiger partial charge is 0.508 e. The van der Waals surface area contributed by atoms with Crippen molar-refractivity contribution in [2.45, 2.75) is 0 Å². The van der Waals surface area contributed by atoms with E-state index in [1.807, 2.05) is 6.07 Å². The smallest absolute Gasteiger partial charge is 0.266 e. The monoisotopic (exact) mass is 354 g/mol. The minimum Gasteiger partial charge on any atom is -0.508 e. The zero-order valence-corrected chi connectivity index (χ0v) is 14.6. The Morgan fingerprint density at radius 2 is 1.69 bits per heavy atom. The molecule has 7 heteroatoms. The molecular weight excluding hydrogens is 336 g/mol. The molecule has 2 N–H and O–H groups in total. The van der Waals surface area contributed by atoms with E-state index >= 15 is 0 Å². The Kier molecular flexibility index (Phi) is 6.06. The lowest BCUT2D eigenvalue weighted by atomic mass is 10.1. The normalized spacial score (nSPS) is 10.6. The molecule has 0 saturated heterocycles. The highest BCUT2D eigenvalue weighted by Gasteiger charge is 2.17. The average molecular weight is 354 g/mol. The first-order valence-corrected chi connectivity index (χ1v) is 7.55. The summed E-state index contributed by atoms with van der Waals surface area (Å²) in [6.45, 7) is 0. The standard InChI is InChI=1S/C19H18N2O5/c1-24-16-9-4-12(17(25-2)18(16)26-3)10-13(11-20)19(23)21-14-5-7-15(22)8-6-14/h4-10,22H,1-3H3,(H,21,23). The van der Waals surface area contributed by atoms with Crippen molar-refractivity contribution >= 4 is 17.7 Å². The summed E-state index contributed by atoms with van der Waals surface area (Å²) < 4.78 is 15.9. The van der Waals surface area contributed by atoms with E-state index in [-0.39, 0.29) is 11.3 Å². The van der Waals surface area contributed by atoms with E-state index < -0.39 is 5.91 Å². The lowest BCUT2D eigenvalue weighted by molar-refractivity contribution is -0.112. The molecule has 0 bridgehead atoms. The van der Waals surface area contributed by atoms with E-state index in [9.17, 15) is 15.2 Å². The Morgan fingerprint density at radius 1 is 1.04 bits per heavy atom. The zero-order valence-electron chi connectivity index (χ0n) is 14.6. The van der Waals surface area contributed by atoms with Gasteiger partial charge in [-0.15, -0.1) is 0 Å². The highest BCUT2D eigenvalue weighted by molar-refractivity contribution is 6.09. The molecule has 7 nitrogen and oxygen atoms in total. The summed E-state index contributed by atoms with van der Waals surface area (Å²) in [5.41, 5.74) is 0.819. The van der Waals surface area contributed by atoms with Gasteiger partial charge in [0.15, 0.2) is 11.5 Å². The van der Waals surface area contributed by atoms with Crippen LogP contribution in [0.15, 0.2) is 42.0 Å². The molecule has 134 valence electrons. The molecular formula is C19H18N2O5. The average Bonchev–Trinajstić information content (AvgIpc) is 2.66. The van der Waals surface area contributed by atoms with Gasteiger partial charge in [-0.3, -0.25) is 4.79 Å². The Labute approximate surface area is 151 Å². The fraction of sp³-hybridized carbons (Fsp3) is 0.158. The van der Waals surface area contributed by atoms with Crippen LogP contribution >= 0.6 is 0 Å². The van der Waals surface area contributed by atoms with Gasteiger partial charge in [0.25, 0.3) is 5.91 Å². The maximum absolute atomic E-state index is 12.3. The van der Waals surface area contributed by atoms with E-state index in [0.29, 0.717) is 28.5 Å². The number of rotatable bonds is 6. The van der Waals surface area contributed by atoms with Crippen molar-refractivity contribution in [3.63, 3.8) is 0 Å². The van der Waals surface area contributed by atoms with Crippen molar-refractivity contribution in [3.8, 4) is 29.1 Å². The van der Waals surface area contributed by atoms with Crippen LogP contribution < -0.4 is 19.5 Å². The number of nitrogens with zero attached hydrogens (tertiary/aromatic N) is 1. The SMILES string of the molecule is COc1ccc(C=C(C#N)C(=O)Nc2ccc(O)cc2)c(OC)c1OC. The minimum atomic E-state index is -0.588. The second kappa shape index (κ2) is 8.44. The van der Waals surface area contributed by atoms with Crippen LogP contribution in [0.1, 0.15) is 5.56 Å². The number of phenols is 1. The van der Waals surface area contributed by atoms with Gasteiger partial charge >= 0.3 is 0 Å². The molecule has 1 amide bonds. The molecule has 0 aliphatic heterocycles. The van der Waals surface area contributed by atoms with Gasteiger partial charge in [-0.2, -0.15) is 5.26 Å². The van der Waals surface area contributed by atoms with Crippen LogP contribution in [0.25, 0.3) is 6.08 Å². The fourth-order valence-electron chi connectivity index (χ4n) is 2.29. The number of anilines is 1. The first kappa shape index (κ1) is 18.7. The topological polar surface area (TPSA) is 101 Å². The van der Waals surface area contributed by atoms with Gasteiger partial charge in [0, 0.05) is 11.3 Å². The summed E-state index contributed by atoms with van der Waals surface area (Å²) in [5.74, 6) is 0.662. The molecule has 0 aromatic heterocycles. The second-order valence-corrected chi connectivity index (χ2v) is 5.09. The molecule has 0 radical (unpaired) electrons. The number of carbonyl (C=O) groups is 1. The van der Waals surface area contributed by atoms with Crippen LogP contribution in [0.5, 0.6) is 23.0 Å². The molecule has 0 aliphatic carbocycles. The number of methoxy groups -OCH3 is 3. The van der Waals surface area contributed by atoms with Gasteiger partial charge in [0.05, 0.1) is 21.3 Å². The summed E-state index contributed by atoms with van der Waals surface area (Å²) in [4.78, 5) is 12.3. The van der Waals surface area contributed by atoms with Crippen molar-refractivity contribution in [3.05, 3.63) is 47.5 Å². The molecule has 2 rings (SSSR count). The van der Waals surface area contributed by atoms with E-state index in [1.165, 1.54) is 51.7 Å². The number of phenolic OH excluding ortho intramolecular Hbond substituents is 1. The maximum Gasteiger partial charge on any atom is 0.266 e. The Balaban J connectivity index is 2.37. The molecule has 0 heterocycles. The first-order chi connectivity index (χ1) is 12.5. The van der Waals surface area contributed by atoms with E-state index in [1.54, 1.807) is 12.1 Å². The summed E-state index contributed by atoms with van der Waals surface area (Å²) in [6, 6.07) is 11.1. The number of aromatic hydroxyl groups is 1. The number of hydrogen-bond donors (Lipinski definition) is 2. The Hall–Kier alpha value is -3.66. The van der Waals surface area contributed by atoms with Crippen molar-refractivity contribution in [2.75, 3.05) is 26.6 Å². The Bertz CT molecular complexity index is 867. The predicted octanol–water partition coefficient (Wildman–Crippen LogP) is 2.96. The number of carbonyl (C=O) groups excluding carboxylic acids is 1. The number of ether oxygens (including phenoxy) is 3. The highest BCUT2D eigenvalue weighted by Crippen LogP contribution is 2.40. The van der Waals surface area contributed by atoms with Crippen molar-refractivity contribution in [1.82, 2.24) is 0 Å². The number of hydrogen-bond acceptors (Lipinski definition) is 6. The number of amides is 1. The van der Waals surface area contributed by atoms with Crippen LogP contribution in [0.4, 0.5) is 5.69 Å². The minimum absolute atomic E-state index is 0.0779. The predicted molar refractivity (Wildman–Crippen MR) is 96.4 cm³/mol. The lowest BCUT2D eigenvalue weighted by Crippen LogP contribution is -2.13. The van der Waals surface area contributed by atoms with Crippen molar-refractivity contribution in [2.24, 2.45) is 0 Å². The van der Waals surface area contributed by atoms with Gasteiger partial charge in [-0.05, 0) is 42.5 Å². The third-order valence-corrected chi connectivity index (χ3v) is 3.52. The van der Waals surface area contributed by atoms with Crippen molar-refractivity contribution in [1.29, 1.82) is 5.26 Å². The van der Waals surface area contributed by atoms with Crippen LogP contribution in [-0.4, -0.2) is 32.3 Å². The third kappa shape index (κ3) is 4.05. The highest BCUT2D eigenvalue weighted by atomic mass is 16.5. The molecule has 2 aromatic rings. The summed E-state index contributed by atoms with van der Waals surface area (Å²) in [5, 5.41) is 21.2. The molecule has 0 aliphatic rings. The van der Waals surface area contributed by atoms with E-state index in [2.05, 4.69) is 5.32 Å². The van der Waals surface area contributed by atoms with Gasteiger partial charge in [0.2, 0.25) is 5.75 Å². The molecule has 2 aromatic carbocycles. The first-order valence-electron chi connectivity index (χ1n) is 7.55. The maximum atomic E-state index is 12.3. The third-order valence-electron chi connectivity index (χ3n) is 3.52. The molecule has 0 unspecified atom stereocenters. The summed E-state index contributed by atoms with van der Waals surface area (Å²) in [7, 11) is 4.42. The Morgan fingerprint density at radius 3 is 2.23 bits per heavy atom. The van der Waals surface area contributed by atoms with Crippen LogP contribution in [0.3, 0.4) is 0 Å². The summed E-state index contributed by atoms with van der Waals surface area (Å²) in [6.07, 6.45) is 1.40. The van der Waals surface area contributed by atoms with Crippen LogP contribution in [0, 0.1) is 11.3 Å².